The third-order valence-corrected chi connectivity index (χ3v) is 5.27. The Labute approximate surface area is 122 Å². The van der Waals surface area contributed by atoms with E-state index in [-0.39, 0.29) is 5.91 Å². The van der Waals surface area contributed by atoms with Gasteiger partial charge in [-0.05, 0) is 19.3 Å². The molecule has 0 aromatic rings. The van der Waals surface area contributed by atoms with Gasteiger partial charge < -0.3 is 11.1 Å². The first kappa shape index (κ1) is 17.4. The van der Waals surface area contributed by atoms with Crippen LogP contribution >= 0.6 is 0 Å². The highest BCUT2D eigenvalue weighted by Gasteiger charge is 2.34. The zero-order chi connectivity index (χ0) is 15.2. The lowest BCUT2D eigenvalue weighted by molar-refractivity contribution is -0.127. The van der Waals surface area contributed by atoms with Gasteiger partial charge in [-0.25, -0.2) is 12.7 Å². The Morgan fingerprint density at radius 3 is 2.40 bits per heavy atom. The van der Waals surface area contributed by atoms with Gasteiger partial charge in [-0.15, -0.1) is 0 Å². The highest BCUT2D eigenvalue weighted by molar-refractivity contribution is 7.88. The lowest BCUT2D eigenvalue weighted by Gasteiger charge is -2.31. The van der Waals surface area contributed by atoms with Crippen molar-refractivity contribution in [3.8, 4) is 0 Å². The Morgan fingerprint density at radius 2 is 1.90 bits per heavy atom. The minimum atomic E-state index is -3.15. The topological polar surface area (TPSA) is 92.5 Å². The molecule has 0 bridgehead atoms. The number of sulfonamides is 1. The second-order valence-electron chi connectivity index (χ2n) is 5.58. The normalized spacial score (nSPS) is 19.0. The van der Waals surface area contributed by atoms with Gasteiger partial charge in [0.15, 0.2) is 0 Å². The molecule has 3 N–H and O–H groups in total. The van der Waals surface area contributed by atoms with Crippen LogP contribution in [0.5, 0.6) is 0 Å². The van der Waals surface area contributed by atoms with Crippen molar-refractivity contribution in [2.45, 2.75) is 51.0 Å². The first-order valence-electron chi connectivity index (χ1n) is 7.32. The summed E-state index contributed by atoms with van der Waals surface area (Å²) in [5.74, 6) is -0.0976. The van der Waals surface area contributed by atoms with Gasteiger partial charge in [0.1, 0.15) is 0 Å². The Bertz CT molecular complexity index is 417. The second kappa shape index (κ2) is 7.38. The van der Waals surface area contributed by atoms with Crippen molar-refractivity contribution in [2.24, 2.45) is 5.73 Å². The summed E-state index contributed by atoms with van der Waals surface area (Å²) >= 11 is 0. The van der Waals surface area contributed by atoms with Crippen LogP contribution in [-0.2, 0) is 14.8 Å². The second-order valence-corrected chi connectivity index (χ2v) is 7.56. The molecule has 1 aliphatic rings. The molecule has 118 valence electrons. The van der Waals surface area contributed by atoms with Crippen LogP contribution in [0.15, 0.2) is 0 Å². The number of nitrogens with zero attached hydrogens (tertiary/aromatic N) is 1. The molecule has 0 heterocycles. The van der Waals surface area contributed by atoms with Crippen LogP contribution in [0.1, 0.15) is 45.4 Å². The Hall–Kier alpha value is -0.660. The monoisotopic (exact) mass is 305 g/mol. The lowest BCUT2D eigenvalue weighted by atomic mass is 9.82. The number of hydrogen-bond acceptors (Lipinski definition) is 4. The summed E-state index contributed by atoms with van der Waals surface area (Å²) in [6.45, 7) is 3.14. The van der Waals surface area contributed by atoms with Crippen molar-refractivity contribution >= 4 is 15.9 Å². The predicted molar refractivity (Wildman–Crippen MR) is 79.7 cm³/mol. The summed E-state index contributed by atoms with van der Waals surface area (Å²) < 4.78 is 24.2. The molecule has 1 aliphatic carbocycles. The average Bonchev–Trinajstić information content (AvgIpc) is 2.37. The number of hydrogen-bond donors (Lipinski definition) is 2. The van der Waals surface area contributed by atoms with E-state index in [0.717, 1.165) is 32.1 Å². The molecular weight excluding hydrogens is 278 g/mol. The molecule has 0 radical (unpaired) electrons. The van der Waals surface area contributed by atoms with E-state index in [1.165, 1.54) is 10.6 Å². The van der Waals surface area contributed by atoms with Crippen LogP contribution in [-0.4, -0.2) is 50.1 Å². The summed E-state index contributed by atoms with van der Waals surface area (Å²) in [6.07, 6.45) is 6.43. The third kappa shape index (κ3) is 5.03. The highest BCUT2D eigenvalue weighted by atomic mass is 32.2. The molecule has 6 nitrogen and oxygen atoms in total. The summed E-state index contributed by atoms with van der Waals surface area (Å²) in [7, 11) is -3.15. The van der Waals surface area contributed by atoms with Crippen LogP contribution in [0.4, 0.5) is 0 Å². The summed E-state index contributed by atoms with van der Waals surface area (Å²) in [6, 6.07) is 0. The van der Waals surface area contributed by atoms with Crippen LogP contribution in [0.2, 0.25) is 0 Å². The number of amides is 1. The molecule has 0 atom stereocenters. The van der Waals surface area contributed by atoms with Crippen molar-refractivity contribution in [1.82, 2.24) is 9.62 Å². The Kier molecular flexibility index (Phi) is 6.42. The van der Waals surface area contributed by atoms with Gasteiger partial charge in [-0.3, -0.25) is 4.79 Å². The minimum absolute atomic E-state index is 0.0976. The van der Waals surface area contributed by atoms with E-state index in [2.05, 4.69) is 5.32 Å². The molecule has 0 aromatic heterocycles. The molecule has 0 spiro atoms. The van der Waals surface area contributed by atoms with E-state index >= 15 is 0 Å². The summed E-state index contributed by atoms with van der Waals surface area (Å²) in [4.78, 5) is 12.1. The molecule has 0 saturated heterocycles. The molecule has 0 aromatic carbocycles. The molecule has 1 fully saturated rings. The Balaban J connectivity index is 2.32. The largest absolute Gasteiger partial charge is 0.354 e. The molecule has 1 saturated carbocycles. The van der Waals surface area contributed by atoms with Crippen molar-refractivity contribution < 1.29 is 13.2 Å². The van der Waals surface area contributed by atoms with Gasteiger partial charge in [0.25, 0.3) is 0 Å². The molecule has 20 heavy (non-hydrogen) atoms. The van der Waals surface area contributed by atoms with E-state index in [1.807, 2.05) is 0 Å². The predicted octanol–water partition coefficient (Wildman–Crippen LogP) is 0.436. The fourth-order valence-corrected chi connectivity index (χ4v) is 3.53. The number of nitrogens with one attached hydrogen (secondary N) is 1. The Morgan fingerprint density at radius 1 is 1.30 bits per heavy atom. The van der Waals surface area contributed by atoms with E-state index in [4.69, 9.17) is 5.73 Å². The van der Waals surface area contributed by atoms with Crippen LogP contribution in [0.25, 0.3) is 0 Å². The van der Waals surface area contributed by atoms with E-state index in [0.29, 0.717) is 26.1 Å². The molecule has 1 amide bonds. The first-order chi connectivity index (χ1) is 9.29. The zero-order valence-corrected chi connectivity index (χ0v) is 13.3. The van der Waals surface area contributed by atoms with E-state index in [9.17, 15) is 13.2 Å². The van der Waals surface area contributed by atoms with Gasteiger partial charge in [-0.1, -0.05) is 26.2 Å². The summed E-state index contributed by atoms with van der Waals surface area (Å²) in [5.41, 5.74) is 5.40. The summed E-state index contributed by atoms with van der Waals surface area (Å²) in [5, 5.41) is 2.84. The first-order valence-corrected chi connectivity index (χ1v) is 9.17. The van der Waals surface area contributed by atoms with Crippen molar-refractivity contribution in [3.05, 3.63) is 0 Å². The maximum atomic E-state index is 12.1. The smallest absolute Gasteiger partial charge is 0.240 e. The average molecular weight is 305 g/mol. The fourth-order valence-electron chi connectivity index (χ4n) is 2.60. The number of nitrogens with two attached hydrogens (primary N) is 1. The van der Waals surface area contributed by atoms with E-state index < -0.39 is 15.6 Å². The van der Waals surface area contributed by atoms with Crippen LogP contribution in [0.3, 0.4) is 0 Å². The highest BCUT2D eigenvalue weighted by Crippen LogP contribution is 2.25. The number of carbonyl (C=O) groups is 1. The fraction of sp³-hybridized carbons (Fsp3) is 0.923. The molecule has 1 rings (SSSR count). The van der Waals surface area contributed by atoms with Gasteiger partial charge in [0.05, 0.1) is 11.8 Å². The minimum Gasteiger partial charge on any atom is -0.354 e. The van der Waals surface area contributed by atoms with E-state index in [1.54, 1.807) is 6.92 Å². The molecular formula is C13H27N3O3S. The van der Waals surface area contributed by atoms with Gasteiger partial charge in [0.2, 0.25) is 15.9 Å². The maximum absolute atomic E-state index is 12.1. The van der Waals surface area contributed by atoms with Gasteiger partial charge in [-0.2, -0.15) is 0 Å². The quantitative estimate of drug-likeness (QED) is 0.667. The van der Waals surface area contributed by atoms with Crippen LogP contribution in [0, 0.1) is 0 Å². The molecule has 0 aliphatic heterocycles. The van der Waals surface area contributed by atoms with Crippen molar-refractivity contribution in [2.75, 3.05) is 25.9 Å². The third-order valence-electron chi connectivity index (χ3n) is 3.89. The van der Waals surface area contributed by atoms with Crippen molar-refractivity contribution in [1.29, 1.82) is 0 Å². The lowest BCUT2D eigenvalue weighted by Crippen LogP contribution is -2.55. The SMILES string of the molecule is CCN(CCCNC(=O)C1(N)CCCCC1)S(C)(=O)=O. The number of rotatable bonds is 7. The molecule has 7 heteroatoms. The van der Waals surface area contributed by atoms with Crippen LogP contribution < -0.4 is 11.1 Å². The van der Waals surface area contributed by atoms with Crippen molar-refractivity contribution in [3.63, 3.8) is 0 Å². The maximum Gasteiger partial charge on any atom is 0.240 e. The van der Waals surface area contributed by atoms with Gasteiger partial charge >= 0.3 is 0 Å². The van der Waals surface area contributed by atoms with Gasteiger partial charge in [0, 0.05) is 19.6 Å². The number of carbonyl (C=O) groups excluding carboxylic acids is 1. The molecule has 0 unspecified atom stereocenters. The standard InChI is InChI=1S/C13H27N3O3S/c1-3-16(20(2,18)19)11-7-10-15-12(17)13(14)8-5-4-6-9-13/h3-11,14H2,1-2H3,(H,15,17). The zero-order valence-electron chi connectivity index (χ0n) is 12.5.